The molecule has 0 radical (unpaired) electrons. The van der Waals surface area contributed by atoms with Gasteiger partial charge in [-0.05, 0) is 42.9 Å². The van der Waals surface area contributed by atoms with Crippen molar-refractivity contribution in [2.45, 2.75) is 26.3 Å². The average molecular weight is 298 g/mol. The van der Waals surface area contributed by atoms with Crippen molar-refractivity contribution in [3.63, 3.8) is 0 Å². The fraction of sp³-hybridized carbons (Fsp3) is 0.571. The second-order valence-corrected chi connectivity index (χ2v) is 5.66. The second kappa shape index (κ2) is 6.53. The largest absolute Gasteiger partial charge is 0.381 e. The third kappa shape index (κ3) is 4.09. The Morgan fingerprint density at radius 2 is 2.35 bits per heavy atom. The summed E-state index contributed by atoms with van der Waals surface area (Å²) in [6.45, 7) is 5.96. The van der Waals surface area contributed by atoms with Gasteiger partial charge in [0.25, 0.3) is 0 Å². The molecular formula is C14H20BrNO. The van der Waals surface area contributed by atoms with Crippen molar-refractivity contribution < 1.29 is 4.74 Å². The van der Waals surface area contributed by atoms with E-state index in [1.54, 1.807) is 0 Å². The van der Waals surface area contributed by atoms with Gasteiger partial charge in [0, 0.05) is 24.2 Å². The van der Waals surface area contributed by atoms with E-state index in [0.717, 1.165) is 26.3 Å². The zero-order valence-electron chi connectivity index (χ0n) is 10.3. The molecule has 1 aromatic carbocycles. The summed E-state index contributed by atoms with van der Waals surface area (Å²) in [7, 11) is 0. The molecule has 1 aromatic rings. The summed E-state index contributed by atoms with van der Waals surface area (Å²) in [6.07, 6.45) is 2.50. The third-order valence-electron chi connectivity index (χ3n) is 3.21. The molecular weight excluding hydrogens is 278 g/mol. The van der Waals surface area contributed by atoms with Crippen LogP contribution in [0.3, 0.4) is 0 Å². The Hall–Kier alpha value is -0.380. The van der Waals surface area contributed by atoms with E-state index in [9.17, 15) is 0 Å². The maximum atomic E-state index is 5.48. The fourth-order valence-corrected chi connectivity index (χ4v) is 2.81. The van der Waals surface area contributed by atoms with Gasteiger partial charge in [-0.25, -0.2) is 0 Å². The average Bonchev–Trinajstić information content (AvgIpc) is 2.33. The molecule has 3 heteroatoms. The number of ether oxygens (including phenoxy) is 1. The van der Waals surface area contributed by atoms with Crippen LogP contribution in [0.25, 0.3) is 0 Å². The van der Waals surface area contributed by atoms with Crippen molar-refractivity contribution in [1.82, 2.24) is 5.32 Å². The van der Waals surface area contributed by atoms with Crippen LogP contribution in [0.1, 0.15) is 24.0 Å². The summed E-state index contributed by atoms with van der Waals surface area (Å²) in [5, 5.41) is 3.52. The van der Waals surface area contributed by atoms with Crippen molar-refractivity contribution in [1.29, 1.82) is 0 Å². The molecule has 0 aliphatic carbocycles. The molecule has 0 saturated carbocycles. The van der Waals surface area contributed by atoms with Crippen LogP contribution in [0.2, 0.25) is 0 Å². The van der Waals surface area contributed by atoms with Gasteiger partial charge < -0.3 is 10.1 Å². The van der Waals surface area contributed by atoms with Gasteiger partial charge >= 0.3 is 0 Å². The minimum atomic E-state index is 0.688. The zero-order valence-corrected chi connectivity index (χ0v) is 11.9. The molecule has 2 rings (SSSR count). The summed E-state index contributed by atoms with van der Waals surface area (Å²) < 4.78 is 6.67. The molecule has 0 aromatic heterocycles. The SMILES string of the molecule is Cc1ccc(CNCC2CCCOC2)c(Br)c1. The first kappa shape index (κ1) is 13.1. The molecule has 1 heterocycles. The molecule has 1 N–H and O–H groups in total. The first-order valence-corrected chi connectivity index (χ1v) is 7.08. The molecule has 17 heavy (non-hydrogen) atoms. The quantitative estimate of drug-likeness (QED) is 0.921. The maximum absolute atomic E-state index is 5.48. The summed E-state index contributed by atoms with van der Waals surface area (Å²) >= 11 is 3.61. The van der Waals surface area contributed by atoms with Crippen LogP contribution in [0.5, 0.6) is 0 Å². The number of hydrogen-bond acceptors (Lipinski definition) is 2. The summed E-state index contributed by atoms with van der Waals surface area (Å²) in [5.74, 6) is 0.688. The smallest absolute Gasteiger partial charge is 0.0506 e. The standard InChI is InChI=1S/C14H20BrNO/c1-11-4-5-13(14(15)7-11)9-16-8-12-3-2-6-17-10-12/h4-5,7,12,16H,2-3,6,8-10H2,1H3. The Labute approximate surface area is 112 Å². The van der Waals surface area contributed by atoms with E-state index in [-0.39, 0.29) is 0 Å². The van der Waals surface area contributed by atoms with Gasteiger partial charge in [-0.3, -0.25) is 0 Å². The molecule has 1 aliphatic rings. The lowest BCUT2D eigenvalue weighted by Crippen LogP contribution is -2.28. The maximum Gasteiger partial charge on any atom is 0.0506 e. The molecule has 94 valence electrons. The van der Waals surface area contributed by atoms with Crippen LogP contribution in [0.4, 0.5) is 0 Å². The highest BCUT2D eigenvalue weighted by Crippen LogP contribution is 2.18. The predicted octanol–water partition coefficient (Wildman–Crippen LogP) is 3.27. The topological polar surface area (TPSA) is 21.3 Å². The van der Waals surface area contributed by atoms with E-state index in [1.807, 2.05) is 0 Å². The van der Waals surface area contributed by atoms with E-state index in [2.05, 4.69) is 46.4 Å². The highest BCUT2D eigenvalue weighted by molar-refractivity contribution is 9.10. The summed E-state index contributed by atoms with van der Waals surface area (Å²) in [6, 6.07) is 6.51. The lowest BCUT2D eigenvalue weighted by Gasteiger charge is -2.22. The van der Waals surface area contributed by atoms with Crippen molar-refractivity contribution in [2.24, 2.45) is 5.92 Å². The van der Waals surface area contributed by atoms with Crippen molar-refractivity contribution >= 4 is 15.9 Å². The zero-order chi connectivity index (χ0) is 12.1. The molecule has 1 atom stereocenters. The van der Waals surface area contributed by atoms with Gasteiger partial charge in [-0.1, -0.05) is 28.1 Å². The number of halogens is 1. The lowest BCUT2D eigenvalue weighted by molar-refractivity contribution is 0.0547. The van der Waals surface area contributed by atoms with Crippen molar-refractivity contribution in [3.8, 4) is 0 Å². The van der Waals surface area contributed by atoms with Crippen LogP contribution in [-0.2, 0) is 11.3 Å². The van der Waals surface area contributed by atoms with Gasteiger partial charge in [-0.2, -0.15) is 0 Å². The normalized spacial score (nSPS) is 20.5. The minimum absolute atomic E-state index is 0.688. The number of nitrogens with one attached hydrogen (secondary N) is 1. The van der Waals surface area contributed by atoms with E-state index < -0.39 is 0 Å². The van der Waals surface area contributed by atoms with E-state index in [4.69, 9.17) is 4.74 Å². The molecule has 1 aliphatic heterocycles. The van der Waals surface area contributed by atoms with E-state index in [1.165, 1.54) is 28.4 Å². The molecule has 1 fully saturated rings. The first-order valence-electron chi connectivity index (χ1n) is 6.29. The van der Waals surface area contributed by atoms with Gasteiger partial charge in [0.15, 0.2) is 0 Å². The van der Waals surface area contributed by atoms with E-state index in [0.29, 0.717) is 5.92 Å². The predicted molar refractivity (Wildman–Crippen MR) is 74.1 cm³/mol. The molecule has 1 saturated heterocycles. The minimum Gasteiger partial charge on any atom is -0.381 e. The monoisotopic (exact) mass is 297 g/mol. The number of hydrogen-bond donors (Lipinski definition) is 1. The fourth-order valence-electron chi connectivity index (χ4n) is 2.18. The van der Waals surface area contributed by atoms with Gasteiger partial charge in [-0.15, -0.1) is 0 Å². The van der Waals surface area contributed by atoms with Gasteiger partial charge in [0.2, 0.25) is 0 Å². The Balaban J connectivity index is 1.77. The third-order valence-corrected chi connectivity index (χ3v) is 3.95. The summed E-state index contributed by atoms with van der Waals surface area (Å²) in [4.78, 5) is 0. The molecule has 1 unspecified atom stereocenters. The molecule has 0 spiro atoms. The van der Waals surface area contributed by atoms with Crippen LogP contribution >= 0.6 is 15.9 Å². The number of aryl methyl sites for hydroxylation is 1. The highest BCUT2D eigenvalue weighted by atomic mass is 79.9. The van der Waals surface area contributed by atoms with Crippen LogP contribution in [0, 0.1) is 12.8 Å². The molecule has 0 amide bonds. The van der Waals surface area contributed by atoms with Gasteiger partial charge in [0.05, 0.1) is 6.61 Å². The Morgan fingerprint density at radius 3 is 3.06 bits per heavy atom. The van der Waals surface area contributed by atoms with Crippen LogP contribution < -0.4 is 5.32 Å². The Kier molecular flexibility index (Phi) is 5.01. The summed E-state index contributed by atoms with van der Waals surface area (Å²) in [5.41, 5.74) is 2.62. The Bertz CT molecular complexity index is 361. The molecule has 0 bridgehead atoms. The number of benzene rings is 1. The second-order valence-electron chi connectivity index (χ2n) is 4.81. The first-order chi connectivity index (χ1) is 8.25. The van der Waals surface area contributed by atoms with Crippen molar-refractivity contribution in [2.75, 3.05) is 19.8 Å². The highest BCUT2D eigenvalue weighted by Gasteiger charge is 2.13. The van der Waals surface area contributed by atoms with Crippen molar-refractivity contribution in [3.05, 3.63) is 33.8 Å². The Morgan fingerprint density at radius 1 is 1.47 bits per heavy atom. The van der Waals surface area contributed by atoms with E-state index >= 15 is 0 Å². The lowest BCUT2D eigenvalue weighted by atomic mass is 10.0. The van der Waals surface area contributed by atoms with Gasteiger partial charge in [0.1, 0.15) is 0 Å². The van der Waals surface area contributed by atoms with Crippen LogP contribution in [-0.4, -0.2) is 19.8 Å². The number of rotatable bonds is 4. The van der Waals surface area contributed by atoms with Crippen LogP contribution in [0.15, 0.2) is 22.7 Å². The molecule has 2 nitrogen and oxygen atoms in total.